The van der Waals surface area contributed by atoms with Crippen LogP contribution in [0.15, 0.2) is 30.3 Å². The maximum atomic E-state index is 11.6. The van der Waals surface area contributed by atoms with Crippen LogP contribution in [0.4, 0.5) is 5.82 Å². The number of hydrogen-bond acceptors (Lipinski definition) is 4. The molecule has 0 aliphatic heterocycles. The second-order valence-corrected chi connectivity index (χ2v) is 5.12. The van der Waals surface area contributed by atoms with Crippen molar-refractivity contribution in [2.24, 2.45) is 0 Å². The highest BCUT2D eigenvalue weighted by Gasteiger charge is 2.18. The Morgan fingerprint density at radius 3 is 2.70 bits per heavy atom. The van der Waals surface area contributed by atoms with Gasteiger partial charge in [0.25, 0.3) is 0 Å². The van der Waals surface area contributed by atoms with E-state index in [2.05, 4.69) is 6.07 Å². The number of carbonyl (C=O) groups is 1. The van der Waals surface area contributed by atoms with E-state index in [0.29, 0.717) is 0 Å². The summed E-state index contributed by atoms with van der Waals surface area (Å²) in [5.41, 5.74) is 1.99. The molecule has 0 saturated heterocycles. The standard InChI is InChI=1S/C16H20N2O2/c1-11(2)18(10-15(19)20-4)16-12(3)9-13-7-5-6-8-14(13)17-16/h5-9,11H,10H2,1-4H3. The van der Waals surface area contributed by atoms with E-state index in [1.807, 2.05) is 49.9 Å². The summed E-state index contributed by atoms with van der Waals surface area (Å²) in [6, 6.07) is 10.3. The maximum Gasteiger partial charge on any atom is 0.325 e. The fourth-order valence-corrected chi connectivity index (χ4v) is 2.21. The second-order valence-electron chi connectivity index (χ2n) is 5.12. The van der Waals surface area contributed by atoms with Gasteiger partial charge in [0.15, 0.2) is 0 Å². The molecule has 0 fully saturated rings. The monoisotopic (exact) mass is 272 g/mol. The van der Waals surface area contributed by atoms with Crippen molar-refractivity contribution in [2.45, 2.75) is 26.8 Å². The molecule has 20 heavy (non-hydrogen) atoms. The summed E-state index contributed by atoms with van der Waals surface area (Å²) in [5, 5.41) is 1.11. The highest BCUT2D eigenvalue weighted by atomic mass is 16.5. The molecule has 2 aromatic rings. The lowest BCUT2D eigenvalue weighted by molar-refractivity contribution is -0.139. The summed E-state index contributed by atoms with van der Waals surface area (Å²) in [6.07, 6.45) is 0. The lowest BCUT2D eigenvalue weighted by Crippen LogP contribution is -2.37. The summed E-state index contributed by atoms with van der Waals surface area (Å²) in [4.78, 5) is 18.3. The molecule has 0 atom stereocenters. The Labute approximate surface area is 119 Å². The van der Waals surface area contributed by atoms with Crippen molar-refractivity contribution in [3.8, 4) is 0 Å². The fraction of sp³-hybridized carbons (Fsp3) is 0.375. The normalized spacial score (nSPS) is 10.8. The number of fused-ring (bicyclic) bond motifs is 1. The van der Waals surface area contributed by atoms with Gasteiger partial charge >= 0.3 is 5.97 Å². The zero-order chi connectivity index (χ0) is 14.7. The van der Waals surface area contributed by atoms with E-state index in [-0.39, 0.29) is 18.6 Å². The molecule has 0 spiro atoms. The van der Waals surface area contributed by atoms with Gasteiger partial charge < -0.3 is 9.64 Å². The molecule has 0 aliphatic carbocycles. The maximum absolute atomic E-state index is 11.6. The van der Waals surface area contributed by atoms with Crippen molar-refractivity contribution < 1.29 is 9.53 Å². The molecular weight excluding hydrogens is 252 g/mol. The van der Waals surface area contributed by atoms with Gasteiger partial charge in [-0.1, -0.05) is 18.2 Å². The van der Waals surface area contributed by atoms with Crippen molar-refractivity contribution in [3.63, 3.8) is 0 Å². The van der Waals surface area contributed by atoms with Crippen LogP contribution in [0.5, 0.6) is 0 Å². The Bertz CT molecular complexity index is 623. The Morgan fingerprint density at radius 1 is 1.35 bits per heavy atom. The summed E-state index contributed by atoms with van der Waals surface area (Å²) < 4.78 is 4.77. The number of rotatable bonds is 4. The predicted octanol–water partition coefficient (Wildman–Crippen LogP) is 2.93. The molecule has 4 nitrogen and oxygen atoms in total. The van der Waals surface area contributed by atoms with Crippen molar-refractivity contribution in [1.29, 1.82) is 0 Å². The molecule has 0 bridgehead atoms. The smallest absolute Gasteiger partial charge is 0.325 e. The van der Waals surface area contributed by atoms with Gasteiger partial charge in [-0.15, -0.1) is 0 Å². The van der Waals surface area contributed by atoms with Crippen LogP contribution in [0.1, 0.15) is 19.4 Å². The predicted molar refractivity (Wildman–Crippen MR) is 81.0 cm³/mol. The highest BCUT2D eigenvalue weighted by molar-refractivity contribution is 5.83. The average Bonchev–Trinajstić information content (AvgIpc) is 2.43. The molecule has 2 rings (SSSR count). The Morgan fingerprint density at radius 2 is 2.05 bits per heavy atom. The first-order valence-electron chi connectivity index (χ1n) is 6.72. The number of ether oxygens (including phenoxy) is 1. The molecule has 106 valence electrons. The summed E-state index contributed by atoms with van der Waals surface area (Å²) in [7, 11) is 1.40. The van der Waals surface area contributed by atoms with E-state index in [1.54, 1.807) is 0 Å². The number of nitrogens with zero attached hydrogens (tertiary/aromatic N) is 2. The average molecular weight is 272 g/mol. The third-order valence-corrected chi connectivity index (χ3v) is 3.31. The van der Waals surface area contributed by atoms with Crippen LogP contribution in [0, 0.1) is 6.92 Å². The first-order valence-corrected chi connectivity index (χ1v) is 6.72. The lowest BCUT2D eigenvalue weighted by Gasteiger charge is -2.28. The number of aryl methyl sites for hydroxylation is 1. The van der Waals surface area contributed by atoms with Gasteiger partial charge in [-0.25, -0.2) is 4.98 Å². The number of pyridine rings is 1. The zero-order valence-corrected chi connectivity index (χ0v) is 12.4. The molecule has 4 heteroatoms. The van der Waals surface area contributed by atoms with Gasteiger partial charge in [-0.3, -0.25) is 4.79 Å². The van der Waals surface area contributed by atoms with E-state index in [0.717, 1.165) is 22.3 Å². The topological polar surface area (TPSA) is 42.4 Å². The molecule has 0 saturated carbocycles. The van der Waals surface area contributed by atoms with Gasteiger partial charge in [-0.05, 0) is 38.5 Å². The number of hydrogen-bond donors (Lipinski definition) is 0. The van der Waals surface area contributed by atoms with Crippen molar-refractivity contribution >= 4 is 22.7 Å². The van der Waals surface area contributed by atoms with E-state index < -0.39 is 0 Å². The Kier molecular flexibility index (Phi) is 4.23. The van der Waals surface area contributed by atoms with Crippen LogP contribution in [0.3, 0.4) is 0 Å². The number of carbonyl (C=O) groups excluding carboxylic acids is 1. The summed E-state index contributed by atoms with van der Waals surface area (Å²) in [6.45, 7) is 6.31. The van der Waals surface area contributed by atoms with Gasteiger partial charge in [0.1, 0.15) is 12.4 Å². The van der Waals surface area contributed by atoms with Crippen LogP contribution < -0.4 is 4.90 Å². The van der Waals surface area contributed by atoms with Gasteiger partial charge in [0, 0.05) is 11.4 Å². The number of aromatic nitrogens is 1. The molecule has 0 unspecified atom stereocenters. The van der Waals surface area contributed by atoms with Gasteiger partial charge in [0.2, 0.25) is 0 Å². The minimum atomic E-state index is -0.256. The first kappa shape index (κ1) is 14.3. The number of esters is 1. The molecule has 0 aliphatic rings. The molecule has 0 N–H and O–H groups in total. The fourth-order valence-electron chi connectivity index (χ4n) is 2.21. The third kappa shape index (κ3) is 2.90. The summed E-state index contributed by atoms with van der Waals surface area (Å²) >= 11 is 0. The van der Waals surface area contributed by atoms with Crippen LogP contribution in [0.2, 0.25) is 0 Å². The van der Waals surface area contributed by atoms with Crippen molar-refractivity contribution in [1.82, 2.24) is 4.98 Å². The quantitative estimate of drug-likeness (QED) is 0.803. The van der Waals surface area contributed by atoms with Crippen LogP contribution in [-0.2, 0) is 9.53 Å². The van der Waals surface area contributed by atoms with E-state index in [4.69, 9.17) is 9.72 Å². The SMILES string of the molecule is COC(=O)CN(c1nc2ccccc2cc1C)C(C)C. The van der Waals surface area contributed by atoms with Crippen molar-refractivity contribution in [2.75, 3.05) is 18.6 Å². The van der Waals surface area contributed by atoms with E-state index in [1.165, 1.54) is 7.11 Å². The van der Waals surface area contributed by atoms with Gasteiger partial charge in [0.05, 0.1) is 12.6 Å². The van der Waals surface area contributed by atoms with Crippen molar-refractivity contribution in [3.05, 3.63) is 35.9 Å². The third-order valence-electron chi connectivity index (χ3n) is 3.31. The molecular formula is C16H20N2O2. The molecule has 0 amide bonds. The van der Waals surface area contributed by atoms with E-state index >= 15 is 0 Å². The number of benzene rings is 1. The highest BCUT2D eigenvalue weighted by Crippen LogP contribution is 2.24. The zero-order valence-electron chi connectivity index (χ0n) is 12.4. The lowest BCUT2D eigenvalue weighted by atomic mass is 10.1. The number of para-hydroxylation sites is 1. The molecule has 1 heterocycles. The minimum absolute atomic E-state index is 0.168. The van der Waals surface area contributed by atoms with Crippen LogP contribution in [0.25, 0.3) is 10.9 Å². The molecule has 0 radical (unpaired) electrons. The Hall–Kier alpha value is -2.10. The van der Waals surface area contributed by atoms with Gasteiger partial charge in [-0.2, -0.15) is 0 Å². The Balaban J connectivity index is 2.47. The van der Waals surface area contributed by atoms with Crippen LogP contribution in [-0.4, -0.2) is 30.6 Å². The van der Waals surface area contributed by atoms with E-state index in [9.17, 15) is 4.79 Å². The summed E-state index contributed by atoms with van der Waals surface area (Å²) in [5.74, 6) is 0.581. The minimum Gasteiger partial charge on any atom is -0.468 e. The first-order chi connectivity index (χ1) is 9.52. The molecule has 1 aromatic carbocycles. The largest absolute Gasteiger partial charge is 0.468 e. The molecule has 1 aromatic heterocycles. The number of methoxy groups -OCH3 is 1. The second kappa shape index (κ2) is 5.90. The number of anilines is 1. The van der Waals surface area contributed by atoms with Crippen LogP contribution >= 0.6 is 0 Å².